The van der Waals surface area contributed by atoms with Crippen molar-refractivity contribution in [3.63, 3.8) is 0 Å². The minimum atomic E-state index is -5.01. The van der Waals surface area contributed by atoms with Crippen LogP contribution in [0.3, 0.4) is 0 Å². The fourth-order valence-corrected chi connectivity index (χ4v) is 5.11. The highest BCUT2D eigenvalue weighted by atomic mass is 19.4. The number of nitrogens with one attached hydrogen (secondary N) is 1. The Morgan fingerprint density at radius 1 is 0.867 bits per heavy atom. The minimum absolute atomic E-state index is 0.00821. The molecule has 2 aromatic carbocycles. The van der Waals surface area contributed by atoms with Crippen LogP contribution in [-0.4, -0.2) is 30.9 Å². The Hall–Kier alpha value is -3.65. The quantitative estimate of drug-likeness (QED) is 0.227. The second-order valence-electron chi connectivity index (χ2n) is 11.4. The summed E-state index contributed by atoms with van der Waals surface area (Å²) in [5.41, 5.74) is -4.12. The smallest absolute Gasteiger partial charge is 0.416 e. The van der Waals surface area contributed by atoms with Crippen molar-refractivity contribution < 1.29 is 58.6 Å². The first-order valence-corrected chi connectivity index (χ1v) is 14.1. The maximum Gasteiger partial charge on any atom is 0.416 e. The number of benzene rings is 2. The molecule has 3 rings (SSSR count). The van der Waals surface area contributed by atoms with Gasteiger partial charge in [0.1, 0.15) is 0 Å². The van der Waals surface area contributed by atoms with Gasteiger partial charge in [0.2, 0.25) is 0 Å². The number of alkyl halides is 9. The number of fused-ring (bicyclic) bond motifs is 1. The molecule has 2 atom stereocenters. The average Bonchev–Trinajstić information content (AvgIpc) is 2.88. The predicted octanol–water partition coefficient (Wildman–Crippen LogP) is 9.31. The molecule has 250 valence electrons. The SMILES string of the molecule is CC(C)CC1CC(NC(=O)OCCCc2cc(C(F)(F)F)cc(C(F)(F)F)c2)c2cc(C(F)(F)F)ccc2N1C(=O)OC(C)C. The van der Waals surface area contributed by atoms with E-state index in [0.29, 0.717) is 18.6 Å². The number of amides is 2. The van der Waals surface area contributed by atoms with Gasteiger partial charge in [0.05, 0.1) is 41.1 Å². The first-order chi connectivity index (χ1) is 20.7. The third-order valence-electron chi connectivity index (χ3n) is 6.92. The molecule has 15 heteroatoms. The summed E-state index contributed by atoms with van der Waals surface area (Å²) in [5, 5.41) is 2.51. The number of nitrogens with zero attached hydrogens (tertiary/aromatic N) is 1. The van der Waals surface area contributed by atoms with Gasteiger partial charge in [-0.25, -0.2) is 9.59 Å². The molecule has 0 saturated carbocycles. The lowest BCUT2D eigenvalue weighted by atomic mass is 9.86. The van der Waals surface area contributed by atoms with Crippen LogP contribution in [0.5, 0.6) is 0 Å². The third kappa shape index (κ3) is 9.67. The molecule has 1 heterocycles. The Bertz CT molecular complexity index is 1320. The van der Waals surface area contributed by atoms with E-state index in [1.165, 1.54) is 4.90 Å². The van der Waals surface area contributed by atoms with Crippen molar-refractivity contribution in [3.8, 4) is 0 Å². The summed E-state index contributed by atoms with van der Waals surface area (Å²) in [4.78, 5) is 27.1. The molecule has 6 nitrogen and oxygen atoms in total. The van der Waals surface area contributed by atoms with Crippen molar-refractivity contribution in [1.82, 2.24) is 5.32 Å². The molecule has 0 saturated heterocycles. The van der Waals surface area contributed by atoms with Gasteiger partial charge in [-0.1, -0.05) is 13.8 Å². The molecule has 0 aromatic heterocycles. The first kappa shape index (κ1) is 35.8. The van der Waals surface area contributed by atoms with Gasteiger partial charge in [-0.05, 0) is 93.0 Å². The molecule has 0 radical (unpaired) electrons. The lowest BCUT2D eigenvalue weighted by molar-refractivity contribution is -0.143. The van der Waals surface area contributed by atoms with E-state index in [1.807, 2.05) is 13.8 Å². The van der Waals surface area contributed by atoms with E-state index in [2.05, 4.69) is 5.32 Å². The fraction of sp³-hybridized carbons (Fsp3) is 0.533. The molecule has 0 fully saturated rings. The van der Waals surface area contributed by atoms with Gasteiger partial charge in [-0.15, -0.1) is 0 Å². The number of alkyl carbamates (subject to hydrolysis) is 1. The van der Waals surface area contributed by atoms with Gasteiger partial charge in [0.25, 0.3) is 0 Å². The molecule has 45 heavy (non-hydrogen) atoms. The van der Waals surface area contributed by atoms with Crippen LogP contribution < -0.4 is 10.2 Å². The summed E-state index contributed by atoms with van der Waals surface area (Å²) in [5.74, 6) is 0.0432. The van der Waals surface area contributed by atoms with Crippen molar-refractivity contribution in [2.24, 2.45) is 5.92 Å². The highest BCUT2D eigenvalue weighted by Crippen LogP contribution is 2.43. The van der Waals surface area contributed by atoms with Crippen molar-refractivity contribution in [1.29, 1.82) is 0 Å². The number of carbonyl (C=O) groups is 2. The summed E-state index contributed by atoms with van der Waals surface area (Å²) in [6.07, 6.45) is -17.1. The van der Waals surface area contributed by atoms with Crippen LogP contribution in [0.15, 0.2) is 36.4 Å². The number of halogens is 9. The lowest BCUT2D eigenvalue weighted by Gasteiger charge is -2.41. The number of carbonyl (C=O) groups excluding carboxylic acids is 2. The second-order valence-corrected chi connectivity index (χ2v) is 11.4. The number of anilines is 1. The summed E-state index contributed by atoms with van der Waals surface area (Å²) in [6, 6.07) is 2.35. The molecular weight excluding hydrogens is 623 g/mol. The van der Waals surface area contributed by atoms with E-state index in [1.54, 1.807) is 13.8 Å². The van der Waals surface area contributed by atoms with Gasteiger partial charge in [0, 0.05) is 6.04 Å². The molecule has 0 spiro atoms. The molecule has 1 aliphatic rings. The van der Waals surface area contributed by atoms with Gasteiger partial charge in [-0.3, -0.25) is 4.90 Å². The van der Waals surface area contributed by atoms with Crippen LogP contribution in [0.2, 0.25) is 0 Å². The van der Waals surface area contributed by atoms with Crippen molar-refractivity contribution >= 4 is 17.9 Å². The number of hydrogen-bond acceptors (Lipinski definition) is 4. The number of rotatable bonds is 8. The molecule has 2 unspecified atom stereocenters. The van der Waals surface area contributed by atoms with Crippen LogP contribution >= 0.6 is 0 Å². The summed E-state index contributed by atoms with van der Waals surface area (Å²) >= 11 is 0. The lowest BCUT2D eigenvalue weighted by Crippen LogP contribution is -2.49. The Labute approximate surface area is 253 Å². The van der Waals surface area contributed by atoms with E-state index in [9.17, 15) is 49.1 Å². The number of ether oxygens (including phenoxy) is 2. The van der Waals surface area contributed by atoms with Gasteiger partial charge >= 0.3 is 30.7 Å². The monoisotopic (exact) mass is 656 g/mol. The van der Waals surface area contributed by atoms with E-state index in [4.69, 9.17) is 9.47 Å². The van der Waals surface area contributed by atoms with Crippen molar-refractivity contribution in [2.75, 3.05) is 11.5 Å². The van der Waals surface area contributed by atoms with Crippen molar-refractivity contribution in [3.05, 3.63) is 64.2 Å². The highest BCUT2D eigenvalue weighted by Gasteiger charge is 2.41. The summed E-state index contributed by atoms with van der Waals surface area (Å²) < 4.78 is 130. The van der Waals surface area contributed by atoms with Gasteiger partial charge in [-0.2, -0.15) is 39.5 Å². The summed E-state index contributed by atoms with van der Waals surface area (Å²) in [6.45, 7) is 6.60. The Morgan fingerprint density at radius 3 is 1.96 bits per heavy atom. The summed E-state index contributed by atoms with van der Waals surface area (Å²) in [7, 11) is 0. The molecule has 1 aliphatic heterocycles. The van der Waals surface area contributed by atoms with Gasteiger partial charge in [0.15, 0.2) is 0 Å². The molecule has 2 amide bonds. The zero-order valence-electron chi connectivity index (χ0n) is 24.8. The largest absolute Gasteiger partial charge is 0.450 e. The zero-order chi connectivity index (χ0) is 33.9. The molecular formula is C30H33F9N2O4. The van der Waals surface area contributed by atoms with Crippen LogP contribution in [0.1, 0.15) is 80.8 Å². The molecule has 1 N–H and O–H groups in total. The number of hydrogen-bond donors (Lipinski definition) is 1. The normalized spacial score (nSPS) is 17.4. The maximum atomic E-state index is 13.6. The minimum Gasteiger partial charge on any atom is -0.450 e. The Morgan fingerprint density at radius 2 is 1.44 bits per heavy atom. The van der Waals surface area contributed by atoms with Crippen LogP contribution in [0.25, 0.3) is 0 Å². The Balaban J connectivity index is 1.79. The highest BCUT2D eigenvalue weighted by molar-refractivity contribution is 5.90. The molecule has 2 aromatic rings. The van der Waals surface area contributed by atoms with Crippen LogP contribution in [-0.2, 0) is 34.4 Å². The van der Waals surface area contributed by atoms with E-state index in [-0.39, 0.29) is 48.1 Å². The average molecular weight is 657 g/mol. The molecule has 0 bridgehead atoms. The third-order valence-corrected chi connectivity index (χ3v) is 6.92. The Kier molecular flexibility index (Phi) is 11.0. The van der Waals surface area contributed by atoms with Crippen LogP contribution in [0, 0.1) is 5.92 Å². The molecule has 0 aliphatic carbocycles. The van der Waals surface area contributed by atoms with Gasteiger partial charge < -0.3 is 14.8 Å². The zero-order valence-corrected chi connectivity index (χ0v) is 24.8. The topological polar surface area (TPSA) is 67.9 Å². The maximum absolute atomic E-state index is 13.6. The van der Waals surface area contributed by atoms with E-state index >= 15 is 0 Å². The fourth-order valence-electron chi connectivity index (χ4n) is 5.11. The van der Waals surface area contributed by atoms with E-state index < -0.39 is 72.2 Å². The van der Waals surface area contributed by atoms with Crippen LogP contribution in [0.4, 0.5) is 54.8 Å². The van der Waals surface area contributed by atoms with E-state index in [0.717, 1.165) is 18.2 Å². The second kappa shape index (κ2) is 13.8. The number of aryl methyl sites for hydroxylation is 1. The first-order valence-electron chi connectivity index (χ1n) is 14.1. The predicted molar refractivity (Wildman–Crippen MR) is 145 cm³/mol. The standard InChI is InChI=1S/C30H33F9N2O4/c1-16(2)10-22-15-24(23-14-19(28(31,32)33)7-8-25(23)41(22)27(43)45-17(3)4)40-26(42)44-9-5-6-18-11-20(29(34,35)36)13-21(12-18)30(37,38)39/h7-8,11-14,16-17,22,24H,5-6,9-10,15H2,1-4H3,(H,40,42). The van der Waals surface area contributed by atoms with Crippen molar-refractivity contribution in [2.45, 2.75) is 90.1 Å².